The highest BCUT2D eigenvalue weighted by Gasteiger charge is 2.56. The molecule has 3 atom stereocenters. The van der Waals surface area contributed by atoms with Crippen LogP contribution in [0.15, 0.2) is 41.3 Å². The lowest BCUT2D eigenvalue weighted by atomic mass is 9.97. The number of carbonyl (C=O) groups is 3. The Bertz CT molecular complexity index is 803. The van der Waals surface area contributed by atoms with Gasteiger partial charge in [0.15, 0.2) is 6.04 Å². The molecule has 2 amide bonds. The number of hydrogen-bond donors (Lipinski definition) is 2. The molecule has 1 aromatic rings. The molecule has 0 radical (unpaired) electrons. The Balaban J connectivity index is 1.70. The van der Waals surface area contributed by atoms with Crippen molar-refractivity contribution in [2.75, 3.05) is 6.61 Å². The summed E-state index contributed by atoms with van der Waals surface area (Å²) in [5, 5.41) is 13.6. The van der Waals surface area contributed by atoms with E-state index < -0.39 is 29.0 Å². The first-order valence-corrected chi connectivity index (χ1v) is 9.99. The Hall–Kier alpha value is -2.32. The Morgan fingerprint density at radius 2 is 1.93 bits per heavy atom. The largest absolute Gasteiger partial charge is 0.458 e. The number of nitrogens with one attached hydrogen (secondary N) is 1. The maximum Gasteiger partial charge on any atom is 0.333 e. The molecular weight excluding hydrogens is 380 g/mol. The number of aliphatic hydroxyl groups excluding tert-OH is 1. The third kappa shape index (κ3) is 4.23. The van der Waals surface area contributed by atoms with Crippen LogP contribution < -0.4 is 5.32 Å². The monoisotopic (exact) mass is 404 g/mol. The van der Waals surface area contributed by atoms with E-state index in [1.54, 1.807) is 26.2 Å². The predicted molar refractivity (Wildman–Crippen MR) is 105 cm³/mol. The van der Waals surface area contributed by atoms with Crippen LogP contribution in [0.5, 0.6) is 0 Å². The van der Waals surface area contributed by atoms with Crippen LogP contribution in [0.2, 0.25) is 0 Å². The predicted octanol–water partition coefficient (Wildman–Crippen LogP) is 1.22. The van der Waals surface area contributed by atoms with Gasteiger partial charge in [-0.2, -0.15) is 0 Å². The summed E-state index contributed by atoms with van der Waals surface area (Å²) in [6.45, 7) is 4.88. The summed E-state index contributed by atoms with van der Waals surface area (Å²) in [5.41, 5.74) is 0.557. The molecule has 0 bridgehead atoms. The molecule has 150 valence electrons. The number of rotatable bonds is 5. The summed E-state index contributed by atoms with van der Waals surface area (Å²) >= 11 is 1.31. The van der Waals surface area contributed by atoms with Gasteiger partial charge in [0.25, 0.3) is 0 Å². The van der Waals surface area contributed by atoms with Crippen LogP contribution in [-0.4, -0.2) is 57.5 Å². The molecule has 28 heavy (non-hydrogen) atoms. The maximum absolute atomic E-state index is 12.7. The maximum atomic E-state index is 12.7. The van der Waals surface area contributed by atoms with Crippen molar-refractivity contribution in [2.45, 2.75) is 50.3 Å². The van der Waals surface area contributed by atoms with Gasteiger partial charge >= 0.3 is 5.97 Å². The number of hydrogen-bond acceptors (Lipinski definition) is 6. The highest BCUT2D eigenvalue weighted by molar-refractivity contribution is 8.02. The molecule has 2 heterocycles. The molecule has 0 spiro atoms. The van der Waals surface area contributed by atoms with Crippen LogP contribution in [0.1, 0.15) is 26.3 Å². The van der Waals surface area contributed by atoms with Crippen molar-refractivity contribution in [3.05, 3.63) is 46.9 Å². The van der Waals surface area contributed by atoms with Gasteiger partial charge in [0.05, 0.1) is 13.0 Å². The molecule has 8 heteroatoms. The van der Waals surface area contributed by atoms with Crippen molar-refractivity contribution in [3.63, 3.8) is 0 Å². The van der Waals surface area contributed by atoms with Crippen molar-refractivity contribution in [3.8, 4) is 0 Å². The minimum Gasteiger partial charge on any atom is -0.458 e. The van der Waals surface area contributed by atoms with Gasteiger partial charge in [0, 0.05) is 0 Å². The summed E-state index contributed by atoms with van der Waals surface area (Å²) in [6.07, 6.45) is 0.176. The summed E-state index contributed by atoms with van der Waals surface area (Å²) in [4.78, 5) is 39.0. The van der Waals surface area contributed by atoms with E-state index >= 15 is 0 Å². The van der Waals surface area contributed by atoms with E-state index in [1.165, 1.54) is 16.7 Å². The van der Waals surface area contributed by atoms with Crippen molar-refractivity contribution in [1.29, 1.82) is 0 Å². The number of amides is 2. The molecule has 2 unspecified atom stereocenters. The summed E-state index contributed by atoms with van der Waals surface area (Å²) < 4.78 is 5.42. The van der Waals surface area contributed by atoms with E-state index in [4.69, 9.17) is 4.74 Å². The first-order valence-electron chi connectivity index (χ1n) is 9.05. The fraction of sp³-hybridized carbons (Fsp3) is 0.450. The van der Waals surface area contributed by atoms with E-state index in [9.17, 15) is 19.5 Å². The SMILES string of the molecule is CC(C)(C)OC(=O)C1C(CO)=CS[C@H]2C(NC(=O)Cc3ccccc3)C(=O)N12. The second-order valence-corrected chi connectivity index (χ2v) is 8.76. The van der Waals surface area contributed by atoms with Crippen LogP contribution in [-0.2, 0) is 25.5 Å². The van der Waals surface area contributed by atoms with Crippen LogP contribution >= 0.6 is 11.8 Å². The lowest BCUT2D eigenvalue weighted by Crippen LogP contribution is -2.74. The Morgan fingerprint density at radius 3 is 2.54 bits per heavy atom. The van der Waals surface area contributed by atoms with Crippen molar-refractivity contribution in [2.24, 2.45) is 0 Å². The molecule has 2 aliphatic heterocycles. The van der Waals surface area contributed by atoms with Crippen LogP contribution in [0.3, 0.4) is 0 Å². The van der Waals surface area contributed by atoms with Crippen LogP contribution in [0, 0.1) is 0 Å². The van der Waals surface area contributed by atoms with Crippen molar-refractivity contribution in [1.82, 2.24) is 10.2 Å². The number of β-lactam (4-membered cyclic amide) rings is 1. The quantitative estimate of drug-likeness (QED) is 0.566. The lowest BCUT2D eigenvalue weighted by molar-refractivity contribution is -0.170. The highest BCUT2D eigenvalue weighted by Crippen LogP contribution is 2.40. The van der Waals surface area contributed by atoms with Gasteiger partial charge in [-0.3, -0.25) is 9.59 Å². The fourth-order valence-corrected chi connectivity index (χ4v) is 4.41. The summed E-state index contributed by atoms with van der Waals surface area (Å²) in [6, 6.07) is 7.59. The number of nitrogens with zero attached hydrogens (tertiary/aromatic N) is 1. The molecule has 0 aliphatic carbocycles. The second kappa shape index (κ2) is 7.97. The summed E-state index contributed by atoms with van der Waals surface area (Å²) in [7, 11) is 0. The molecule has 1 fully saturated rings. The van der Waals surface area contributed by atoms with Crippen LogP contribution in [0.4, 0.5) is 0 Å². The lowest BCUT2D eigenvalue weighted by Gasteiger charge is -2.51. The molecule has 7 nitrogen and oxygen atoms in total. The molecule has 0 aromatic heterocycles. The van der Waals surface area contributed by atoms with E-state index in [-0.39, 0.29) is 24.8 Å². The third-order valence-corrected chi connectivity index (χ3v) is 5.62. The number of carbonyl (C=O) groups excluding carboxylic acids is 3. The number of benzene rings is 1. The summed E-state index contributed by atoms with van der Waals surface area (Å²) in [5.74, 6) is -1.19. The van der Waals surface area contributed by atoms with E-state index in [0.717, 1.165) is 5.56 Å². The average Bonchev–Trinajstić information content (AvgIpc) is 2.64. The minimum atomic E-state index is -0.967. The van der Waals surface area contributed by atoms with E-state index in [2.05, 4.69) is 5.32 Å². The zero-order valence-corrected chi connectivity index (χ0v) is 16.9. The first-order chi connectivity index (χ1) is 13.2. The molecule has 2 aliphatic rings. The first kappa shape index (κ1) is 20.4. The van der Waals surface area contributed by atoms with Gasteiger partial charge in [-0.05, 0) is 37.3 Å². The zero-order valence-electron chi connectivity index (χ0n) is 16.0. The fourth-order valence-electron chi connectivity index (χ4n) is 3.19. The molecule has 1 aromatic carbocycles. The van der Waals surface area contributed by atoms with Gasteiger partial charge in [-0.25, -0.2) is 4.79 Å². The van der Waals surface area contributed by atoms with E-state index in [0.29, 0.717) is 5.57 Å². The van der Waals surface area contributed by atoms with Crippen LogP contribution in [0.25, 0.3) is 0 Å². The van der Waals surface area contributed by atoms with E-state index in [1.807, 2.05) is 30.3 Å². The zero-order chi connectivity index (χ0) is 20.5. The van der Waals surface area contributed by atoms with Gasteiger partial charge in [-0.1, -0.05) is 30.3 Å². The normalized spacial score (nSPS) is 24.0. The average molecular weight is 404 g/mol. The topological polar surface area (TPSA) is 95.9 Å². The number of fused-ring (bicyclic) bond motifs is 1. The molecule has 0 saturated carbocycles. The van der Waals surface area contributed by atoms with Gasteiger partial charge < -0.3 is 20.1 Å². The van der Waals surface area contributed by atoms with Crippen molar-refractivity contribution < 1.29 is 24.2 Å². The third-order valence-electron chi connectivity index (χ3n) is 4.40. The number of ether oxygens (including phenoxy) is 1. The van der Waals surface area contributed by atoms with Crippen molar-refractivity contribution >= 4 is 29.5 Å². The highest BCUT2D eigenvalue weighted by atomic mass is 32.2. The number of esters is 1. The van der Waals surface area contributed by atoms with Gasteiger partial charge in [0.1, 0.15) is 17.0 Å². The smallest absolute Gasteiger partial charge is 0.333 e. The number of aliphatic hydroxyl groups is 1. The minimum absolute atomic E-state index is 0.176. The van der Waals surface area contributed by atoms with Gasteiger partial charge in [-0.15, -0.1) is 11.8 Å². The molecular formula is C20H24N2O5S. The molecule has 1 saturated heterocycles. The molecule has 3 rings (SSSR count). The molecule has 2 N–H and O–H groups in total. The Labute approximate surface area is 168 Å². The Kier molecular flexibility index (Phi) is 5.81. The number of thioether (sulfide) groups is 1. The second-order valence-electron chi connectivity index (χ2n) is 7.77. The van der Waals surface area contributed by atoms with Gasteiger partial charge in [0.2, 0.25) is 11.8 Å². The Morgan fingerprint density at radius 1 is 1.25 bits per heavy atom. The standard InChI is InChI=1S/C20H24N2O5S/c1-20(2,3)27-19(26)16-13(10-23)11-28-18-15(17(25)22(16)18)21-14(24)9-12-7-5-4-6-8-12/h4-8,11,15-16,18,23H,9-10H2,1-3H3,(H,21,24)/t15?,16?,18-/m0/s1.